The summed E-state index contributed by atoms with van der Waals surface area (Å²) in [7, 11) is 0.583. The van der Waals surface area contributed by atoms with Crippen molar-refractivity contribution in [2.75, 3.05) is 7.05 Å². The van der Waals surface area contributed by atoms with E-state index in [1.54, 1.807) is 6.07 Å². The summed E-state index contributed by atoms with van der Waals surface area (Å²) in [6, 6.07) is 1.96. The molecule has 0 spiro atoms. The quantitative estimate of drug-likeness (QED) is 0.569. The number of carbonyl (C=O) groups excluding carboxylic acids is 3. The standard InChI is InChI=1S/C20H26BFN2O5/c1-19(2)20(3,4)29-21(28-19)14-9-12-11-24(18(27)13(12)10-15(14)22)16(7-6-8-25)17(26)23-5/h8-10,16H,6-7,11H2,1-5H3,(H,23,26). The van der Waals surface area contributed by atoms with Crippen molar-refractivity contribution < 1.29 is 28.1 Å². The molecule has 2 heterocycles. The third kappa shape index (κ3) is 3.69. The fraction of sp³-hybridized carbons (Fsp3) is 0.550. The van der Waals surface area contributed by atoms with Crippen LogP contribution in [0, 0.1) is 5.82 Å². The number of nitrogens with zero attached hydrogens (tertiary/aromatic N) is 1. The molecule has 156 valence electrons. The van der Waals surface area contributed by atoms with E-state index in [1.807, 2.05) is 27.7 Å². The Morgan fingerprint density at radius 2 is 1.93 bits per heavy atom. The van der Waals surface area contributed by atoms with Crippen LogP contribution in [0.1, 0.15) is 56.5 Å². The molecule has 1 aromatic rings. The van der Waals surface area contributed by atoms with Gasteiger partial charge in [0.15, 0.2) is 0 Å². The van der Waals surface area contributed by atoms with E-state index in [9.17, 15) is 18.8 Å². The van der Waals surface area contributed by atoms with Gasteiger partial charge >= 0.3 is 7.12 Å². The Labute approximate surface area is 170 Å². The Bertz CT molecular complexity index is 842. The van der Waals surface area contributed by atoms with Crippen molar-refractivity contribution in [3.63, 3.8) is 0 Å². The lowest BCUT2D eigenvalue weighted by Crippen LogP contribution is -2.46. The molecule has 0 aliphatic carbocycles. The van der Waals surface area contributed by atoms with E-state index in [1.165, 1.54) is 18.0 Å². The second-order valence-electron chi connectivity index (χ2n) is 8.43. The molecule has 1 atom stereocenters. The molecule has 1 aromatic carbocycles. The molecule has 2 aliphatic heterocycles. The van der Waals surface area contributed by atoms with Crippen LogP contribution in [0.25, 0.3) is 0 Å². The molecule has 1 unspecified atom stereocenters. The normalized spacial score (nSPS) is 20.6. The summed E-state index contributed by atoms with van der Waals surface area (Å²) in [5.41, 5.74) is -0.209. The molecule has 0 aromatic heterocycles. The summed E-state index contributed by atoms with van der Waals surface area (Å²) >= 11 is 0. The molecule has 0 radical (unpaired) electrons. The number of likely N-dealkylation sites (N-methyl/N-ethyl adjacent to an activating group) is 1. The van der Waals surface area contributed by atoms with Crippen LogP contribution in [0.2, 0.25) is 0 Å². The topological polar surface area (TPSA) is 84.9 Å². The number of halogens is 1. The van der Waals surface area contributed by atoms with Crippen LogP contribution in [0.5, 0.6) is 0 Å². The van der Waals surface area contributed by atoms with Crippen molar-refractivity contribution in [2.45, 2.75) is 64.3 Å². The minimum Gasteiger partial charge on any atom is -0.399 e. The Morgan fingerprint density at radius 3 is 2.48 bits per heavy atom. The predicted octanol–water partition coefficient (Wildman–Crippen LogP) is 1.17. The lowest BCUT2D eigenvalue weighted by atomic mass is 9.77. The maximum atomic E-state index is 14.9. The minimum absolute atomic E-state index is 0.145. The molecule has 3 rings (SSSR count). The summed E-state index contributed by atoms with van der Waals surface area (Å²) in [4.78, 5) is 37.2. The molecule has 9 heteroatoms. The fourth-order valence-corrected chi connectivity index (χ4v) is 3.60. The molecule has 7 nitrogen and oxygen atoms in total. The van der Waals surface area contributed by atoms with E-state index in [4.69, 9.17) is 9.31 Å². The monoisotopic (exact) mass is 404 g/mol. The predicted molar refractivity (Wildman–Crippen MR) is 105 cm³/mol. The van der Waals surface area contributed by atoms with Gasteiger partial charge in [-0.2, -0.15) is 0 Å². The van der Waals surface area contributed by atoms with E-state index in [0.29, 0.717) is 11.8 Å². The number of amides is 2. The van der Waals surface area contributed by atoms with Crippen LogP contribution >= 0.6 is 0 Å². The van der Waals surface area contributed by atoms with E-state index < -0.39 is 36.1 Å². The van der Waals surface area contributed by atoms with Gasteiger partial charge in [0.25, 0.3) is 5.91 Å². The lowest BCUT2D eigenvalue weighted by molar-refractivity contribution is -0.125. The van der Waals surface area contributed by atoms with Crippen molar-refractivity contribution in [3.05, 3.63) is 29.1 Å². The highest BCUT2D eigenvalue weighted by molar-refractivity contribution is 6.62. The SMILES string of the molecule is CNC(=O)C(CCC=O)N1Cc2cc(B3OC(C)(C)C(C)(C)O3)c(F)cc2C1=O. The van der Waals surface area contributed by atoms with Gasteiger partial charge in [-0.25, -0.2) is 4.39 Å². The van der Waals surface area contributed by atoms with Crippen LogP contribution < -0.4 is 10.8 Å². The first kappa shape index (κ1) is 21.5. The molecule has 1 fully saturated rings. The molecule has 0 saturated carbocycles. The number of hydrogen-bond donors (Lipinski definition) is 1. The summed E-state index contributed by atoms with van der Waals surface area (Å²) in [6.07, 6.45) is 1.06. The number of nitrogens with one attached hydrogen (secondary N) is 1. The van der Waals surface area contributed by atoms with Gasteiger partial charge < -0.3 is 24.3 Å². The number of fused-ring (bicyclic) bond motifs is 1. The van der Waals surface area contributed by atoms with Crippen molar-refractivity contribution in [1.29, 1.82) is 0 Å². The summed E-state index contributed by atoms with van der Waals surface area (Å²) in [5, 5.41) is 2.52. The van der Waals surface area contributed by atoms with Crippen molar-refractivity contribution in [2.24, 2.45) is 0 Å². The highest BCUT2D eigenvalue weighted by Gasteiger charge is 2.53. The van der Waals surface area contributed by atoms with Gasteiger partial charge in [-0.15, -0.1) is 0 Å². The number of rotatable bonds is 6. The third-order valence-electron chi connectivity index (χ3n) is 6.04. The first-order valence-corrected chi connectivity index (χ1v) is 9.66. The summed E-state index contributed by atoms with van der Waals surface area (Å²) in [5.74, 6) is -1.39. The van der Waals surface area contributed by atoms with Gasteiger partial charge in [0, 0.05) is 31.0 Å². The van der Waals surface area contributed by atoms with Crippen molar-refractivity contribution >= 4 is 30.7 Å². The number of carbonyl (C=O) groups is 3. The van der Waals surface area contributed by atoms with Crippen molar-refractivity contribution in [3.8, 4) is 0 Å². The average molecular weight is 404 g/mol. The first-order valence-electron chi connectivity index (χ1n) is 9.66. The van der Waals surface area contributed by atoms with Crippen LogP contribution in [-0.2, 0) is 25.4 Å². The zero-order chi connectivity index (χ0) is 21.6. The van der Waals surface area contributed by atoms with Crippen LogP contribution in [0.15, 0.2) is 12.1 Å². The molecule has 2 aliphatic rings. The van der Waals surface area contributed by atoms with Crippen molar-refractivity contribution in [1.82, 2.24) is 10.2 Å². The van der Waals surface area contributed by atoms with E-state index in [0.717, 1.165) is 0 Å². The summed E-state index contributed by atoms with van der Waals surface area (Å²) < 4.78 is 26.7. The Hall–Kier alpha value is -2.26. The fourth-order valence-electron chi connectivity index (χ4n) is 3.60. The smallest absolute Gasteiger partial charge is 0.399 e. The zero-order valence-corrected chi connectivity index (χ0v) is 17.4. The van der Waals surface area contributed by atoms with Crippen LogP contribution in [-0.4, -0.2) is 54.4 Å². The Morgan fingerprint density at radius 1 is 1.31 bits per heavy atom. The number of hydrogen-bond acceptors (Lipinski definition) is 5. The van der Waals surface area contributed by atoms with E-state index in [2.05, 4.69) is 5.32 Å². The van der Waals surface area contributed by atoms with Gasteiger partial charge in [0.2, 0.25) is 5.91 Å². The second-order valence-corrected chi connectivity index (χ2v) is 8.43. The summed E-state index contributed by atoms with van der Waals surface area (Å²) in [6.45, 7) is 7.67. The van der Waals surface area contributed by atoms with E-state index in [-0.39, 0.29) is 36.3 Å². The number of aldehydes is 1. The average Bonchev–Trinajstić information content (AvgIpc) is 3.07. The molecular formula is C20H26BFN2O5. The molecule has 1 saturated heterocycles. The maximum absolute atomic E-state index is 14.9. The third-order valence-corrected chi connectivity index (χ3v) is 6.04. The minimum atomic E-state index is -0.890. The lowest BCUT2D eigenvalue weighted by Gasteiger charge is -2.32. The van der Waals surface area contributed by atoms with Crippen LogP contribution in [0.4, 0.5) is 4.39 Å². The van der Waals surface area contributed by atoms with Gasteiger partial charge in [-0.3, -0.25) is 9.59 Å². The van der Waals surface area contributed by atoms with Gasteiger partial charge in [-0.1, -0.05) is 6.07 Å². The highest BCUT2D eigenvalue weighted by Crippen LogP contribution is 2.37. The molecule has 2 amide bonds. The Kier molecular flexibility index (Phi) is 5.57. The number of benzene rings is 1. The first-order chi connectivity index (χ1) is 13.5. The zero-order valence-electron chi connectivity index (χ0n) is 17.4. The highest BCUT2D eigenvalue weighted by atomic mass is 19.1. The molecule has 29 heavy (non-hydrogen) atoms. The molecule has 0 bridgehead atoms. The largest absolute Gasteiger partial charge is 0.497 e. The van der Waals surface area contributed by atoms with Gasteiger partial charge in [0.05, 0.1) is 11.2 Å². The molecule has 1 N–H and O–H groups in total. The maximum Gasteiger partial charge on any atom is 0.497 e. The second kappa shape index (κ2) is 7.53. The van der Waals surface area contributed by atoms with E-state index >= 15 is 0 Å². The van der Waals surface area contributed by atoms with Crippen LogP contribution in [0.3, 0.4) is 0 Å². The molecular weight excluding hydrogens is 378 g/mol. The Balaban J connectivity index is 1.91. The van der Waals surface area contributed by atoms with Gasteiger partial charge in [0.1, 0.15) is 18.1 Å². The van der Waals surface area contributed by atoms with Gasteiger partial charge in [-0.05, 0) is 45.7 Å².